The zero-order valence-electron chi connectivity index (χ0n) is 9.95. The van der Waals surface area contributed by atoms with Crippen LogP contribution < -0.4 is 5.32 Å². The molecule has 0 fully saturated rings. The van der Waals surface area contributed by atoms with Crippen molar-refractivity contribution >= 4 is 21.9 Å². The van der Waals surface area contributed by atoms with E-state index in [-0.39, 0.29) is 12.5 Å². The largest absolute Gasteiger partial charge is 0.481 e. The van der Waals surface area contributed by atoms with Crippen molar-refractivity contribution in [3.05, 3.63) is 34.3 Å². The van der Waals surface area contributed by atoms with Crippen LogP contribution in [0.2, 0.25) is 0 Å². The quantitative estimate of drug-likeness (QED) is 0.759. The van der Waals surface area contributed by atoms with Gasteiger partial charge in [0.2, 0.25) is 0 Å². The number of aliphatic carboxylic acids is 1. The van der Waals surface area contributed by atoms with Crippen LogP contribution in [0.15, 0.2) is 28.7 Å². The maximum absolute atomic E-state index is 10.3. The molecule has 3 nitrogen and oxygen atoms in total. The van der Waals surface area contributed by atoms with E-state index in [0.717, 1.165) is 23.9 Å². The van der Waals surface area contributed by atoms with Crippen molar-refractivity contribution < 1.29 is 9.90 Å². The molecule has 1 aromatic carbocycles. The number of hydrogen-bond acceptors (Lipinski definition) is 2. The number of benzene rings is 1. The Morgan fingerprint density at radius 1 is 1.47 bits per heavy atom. The number of rotatable bonds is 7. The molecule has 0 spiro atoms. The zero-order valence-corrected chi connectivity index (χ0v) is 11.5. The first-order chi connectivity index (χ1) is 8.09. The normalized spacial score (nSPS) is 12.4. The van der Waals surface area contributed by atoms with Gasteiger partial charge >= 0.3 is 5.97 Å². The van der Waals surface area contributed by atoms with E-state index in [1.165, 1.54) is 5.56 Å². The molecule has 0 aliphatic carbocycles. The van der Waals surface area contributed by atoms with E-state index in [1.54, 1.807) is 0 Å². The van der Waals surface area contributed by atoms with Gasteiger partial charge in [-0.05, 0) is 44.0 Å². The Kier molecular flexibility index (Phi) is 6.22. The summed E-state index contributed by atoms with van der Waals surface area (Å²) in [5.74, 6) is -0.718. The molecule has 94 valence electrons. The first kappa shape index (κ1) is 14.2. The first-order valence-corrected chi connectivity index (χ1v) is 6.59. The molecule has 2 N–H and O–H groups in total. The third-order valence-corrected chi connectivity index (χ3v) is 3.11. The molecule has 0 saturated carbocycles. The van der Waals surface area contributed by atoms with Crippen molar-refractivity contribution in [1.29, 1.82) is 0 Å². The lowest BCUT2D eigenvalue weighted by Gasteiger charge is -2.14. The van der Waals surface area contributed by atoms with Crippen LogP contribution in [0, 0.1) is 0 Å². The standard InChI is InChI=1S/C13H18BrNO2/c1-10(11-5-4-6-12(14)9-11)15-8-3-2-7-13(16)17/h4-6,9-10,15H,2-3,7-8H2,1H3,(H,16,17)/t10-/m1/s1. The Balaban J connectivity index is 2.25. The number of nitrogens with one attached hydrogen (secondary N) is 1. The molecule has 0 bridgehead atoms. The van der Waals surface area contributed by atoms with Gasteiger partial charge in [-0.1, -0.05) is 28.1 Å². The van der Waals surface area contributed by atoms with Gasteiger partial charge in [-0.3, -0.25) is 4.79 Å². The third-order valence-electron chi connectivity index (χ3n) is 2.62. The van der Waals surface area contributed by atoms with Gasteiger partial charge in [0.1, 0.15) is 0 Å². The fourth-order valence-corrected chi connectivity index (χ4v) is 2.03. The summed E-state index contributed by atoms with van der Waals surface area (Å²) in [7, 11) is 0. The summed E-state index contributed by atoms with van der Waals surface area (Å²) in [6, 6.07) is 8.48. The number of hydrogen-bond donors (Lipinski definition) is 2. The number of carboxylic acid groups (broad SMARTS) is 1. The minimum Gasteiger partial charge on any atom is -0.481 e. The summed E-state index contributed by atoms with van der Waals surface area (Å²) in [6.07, 6.45) is 1.88. The highest BCUT2D eigenvalue weighted by atomic mass is 79.9. The highest BCUT2D eigenvalue weighted by molar-refractivity contribution is 9.10. The SMILES string of the molecule is C[C@@H](NCCCCC(=O)O)c1cccc(Br)c1. The molecule has 0 heterocycles. The van der Waals surface area contributed by atoms with Crippen LogP contribution in [0.5, 0.6) is 0 Å². The van der Waals surface area contributed by atoms with E-state index in [4.69, 9.17) is 5.11 Å². The van der Waals surface area contributed by atoms with Crippen molar-refractivity contribution in [2.24, 2.45) is 0 Å². The van der Waals surface area contributed by atoms with Crippen molar-refractivity contribution in [3.8, 4) is 0 Å². The van der Waals surface area contributed by atoms with Gasteiger partial charge in [-0.2, -0.15) is 0 Å². The fraction of sp³-hybridized carbons (Fsp3) is 0.462. The summed E-state index contributed by atoms with van der Waals surface area (Å²) < 4.78 is 1.08. The highest BCUT2D eigenvalue weighted by Crippen LogP contribution is 2.17. The van der Waals surface area contributed by atoms with E-state index >= 15 is 0 Å². The average Bonchev–Trinajstić information content (AvgIpc) is 2.28. The highest BCUT2D eigenvalue weighted by Gasteiger charge is 2.04. The number of unbranched alkanes of at least 4 members (excludes halogenated alkanes) is 1. The number of carbonyl (C=O) groups is 1. The molecule has 0 amide bonds. The third kappa shape index (κ3) is 5.84. The lowest BCUT2D eigenvalue weighted by molar-refractivity contribution is -0.137. The minimum atomic E-state index is -0.718. The van der Waals surface area contributed by atoms with Crippen molar-refractivity contribution in [2.75, 3.05) is 6.54 Å². The van der Waals surface area contributed by atoms with Crippen LogP contribution in [0.1, 0.15) is 37.8 Å². The summed E-state index contributed by atoms with van der Waals surface area (Å²) in [6.45, 7) is 2.96. The minimum absolute atomic E-state index is 0.257. The van der Waals surface area contributed by atoms with Gasteiger partial charge < -0.3 is 10.4 Å². The fourth-order valence-electron chi connectivity index (χ4n) is 1.61. The zero-order chi connectivity index (χ0) is 12.7. The molecule has 0 aliphatic rings. The Morgan fingerprint density at radius 3 is 2.88 bits per heavy atom. The molecule has 0 aromatic heterocycles. The van der Waals surface area contributed by atoms with Gasteiger partial charge in [0, 0.05) is 16.9 Å². The van der Waals surface area contributed by atoms with Gasteiger partial charge in [0.05, 0.1) is 0 Å². The summed E-state index contributed by atoms with van der Waals surface area (Å²) in [4.78, 5) is 10.3. The van der Waals surface area contributed by atoms with Crippen LogP contribution in [0.25, 0.3) is 0 Å². The topological polar surface area (TPSA) is 49.3 Å². The van der Waals surface area contributed by atoms with Crippen LogP contribution in [-0.4, -0.2) is 17.6 Å². The molecule has 0 unspecified atom stereocenters. The monoisotopic (exact) mass is 299 g/mol. The molecular weight excluding hydrogens is 282 g/mol. The second-order valence-electron chi connectivity index (χ2n) is 4.08. The average molecular weight is 300 g/mol. The van der Waals surface area contributed by atoms with Gasteiger partial charge in [-0.15, -0.1) is 0 Å². The summed E-state index contributed by atoms with van der Waals surface area (Å²) in [5, 5.41) is 11.9. The van der Waals surface area contributed by atoms with Crippen LogP contribution in [0.4, 0.5) is 0 Å². The second kappa shape index (κ2) is 7.45. The van der Waals surface area contributed by atoms with E-state index in [0.29, 0.717) is 0 Å². The van der Waals surface area contributed by atoms with Crippen LogP contribution in [0.3, 0.4) is 0 Å². The van der Waals surface area contributed by atoms with Gasteiger partial charge in [0.15, 0.2) is 0 Å². The molecular formula is C13H18BrNO2. The van der Waals surface area contributed by atoms with Crippen LogP contribution >= 0.6 is 15.9 Å². The molecule has 0 aliphatic heterocycles. The molecule has 1 aromatic rings. The van der Waals surface area contributed by atoms with Gasteiger partial charge in [0.25, 0.3) is 0 Å². The molecule has 1 rings (SSSR count). The predicted octanol–water partition coefficient (Wildman–Crippen LogP) is 3.35. The van der Waals surface area contributed by atoms with Crippen LogP contribution in [-0.2, 0) is 4.79 Å². The molecule has 1 atom stereocenters. The lowest BCUT2D eigenvalue weighted by atomic mass is 10.1. The Hall–Kier alpha value is -0.870. The molecule has 0 radical (unpaired) electrons. The van der Waals surface area contributed by atoms with E-state index in [1.807, 2.05) is 12.1 Å². The van der Waals surface area contributed by atoms with E-state index < -0.39 is 5.97 Å². The maximum atomic E-state index is 10.3. The lowest BCUT2D eigenvalue weighted by Crippen LogP contribution is -2.20. The van der Waals surface area contributed by atoms with Crippen molar-refractivity contribution in [3.63, 3.8) is 0 Å². The molecule has 4 heteroatoms. The van der Waals surface area contributed by atoms with E-state index in [2.05, 4.69) is 40.3 Å². The van der Waals surface area contributed by atoms with E-state index in [9.17, 15) is 4.79 Å². The molecule has 0 saturated heterocycles. The van der Waals surface area contributed by atoms with Crippen molar-refractivity contribution in [2.45, 2.75) is 32.2 Å². The predicted molar refractivity (Wildman–Crippen MR) is 72.0 cm³/mol. The second-order valence-corrected chi connectivity index (χ2v) is 5.00. The summed E-state index contributed by atoms with van der Waals surface area (Å²) in [5.41, 5.74) is 1.23. The number of carboxylic acids is 1. The van der Waals surface area contributed by atoms with Crippen molar-refractivity contribution in [1.82, 2.24) is 5.32 Å². The molecule has 17 heavy (non-hydrogen) atoms. The van der Waals surface area contributed by atoms with Gasteiger partial charge in [-0.25, -0.2) is 0 Å². The Labute approximate surface area is 110 Å². The summed E-state index contributed by atoms with van der Waals surface area (Å²) >= 11 is 3.45. The smallest absolute Gasteiger partial charge is 0.303 e. The number of halogens is 1. The Bertz CT molecular complexity index is 368. The maximum Gasteiger partial charge on any atom is 0.303 e. The first-order valence-electron chi connectivity index (χ1n) is 5.80. The Morgan fingerprint density at radius 2 is 2.24 bits per heavy atom.